The lowest BCUT2D eigenvalue weighted by molar-refractivity contribution is -0.387. The summed E-state index contributed by atoms with van der Waals surface area (Å²) in [5.41, 5.74) is 2.77. The second-order valence-corrected chi connectivity index (χ2v) is 8.83. The molecule has 3 aromatic carbocycles. The third-order valence-corrected chi connectivity index (χ3v) is 6.34. The number of halogens is 1. The van der Waals surface area contributed by atoms with Crippen molar-refractivity contribution in [2.75, 3.05) is 6.54 Å². The van der Waals surface area contributed by atoms with Crippen LogP contribution in [0.5, 0.6) is 0 Å². The van der Waals surface area contributed by atoms with Crippen LogP contribution in [0, 0.1) is 10.1 Å². The average Bonchev–Trinajstić information content (AvgIpc) is 3.23. The predicted octanol–water partition coefficient (Wildman–Crippen LogP) is 6.25. The van der Waals surface area contributed by atoms with Crippen molar-refractivity contribution in [1.82, 2.24) is 10.3 Å². The number of para-hydroxylation sites is 1. The van der Waals surface area contributed by atoms with Gasteiger partial charge in [0.05, 0.1) is 9.82 Å². The summed E-state index contributed by atoms with van der Waals surface area (Å²) in [4.78, 5) is 27.9. The lowest BCUT2D eigenvalue weighted by Crippen LogP contribution is -2.23. The van der Waals surface area contributed by atoms with Crippen LogP contribution in [0.2, 0.25) is 5.02 Å². The maximum Gasteiger partial charge on any atom is 0.283 e. The molecule has 0 spiro atoms. The Morgan fingerprint density at radius 3 is 2.70 bits per heavy atom. The number of aromatic amines is 1. The van der Waals surface area contributed by atoms with Crippen LogP contribution >= 0.6 is 23.4 Å². The minimum Gasteiger partial charge on any atom is -0.361 e. The van der Waals surface area contributed by atoms with E-state index in [0.717, 1.165) is 21.4 Å². The number of aromatic nitrogens is 1. The van der Waals surface area contributed by atoms with Gasteiger partial charge in [-0.25, -0.2) is 0 Å². The number of nitrogens with zero attached hydrogens (tertiary/aromatic N) is 1. The maximum absolute atomic E-state index is 12.2. The van der Waals surface area contributed by atoms with E-state index in [2.05, 4.69) is 10.3 Å². The quantitative estimate of drug-likeness (QED) is 0.178. The van der Waals surface area contributed by atoms with E-state index in [1.807, 2.05) is 42.6 Å². The summed E-state index contributed by atoms with van der Waals surface area (Å²) in [6.07, 6.45) is 5.62. The summed E-state index contributed by atoms with van der Waals surface area (Å²) in [5, 5.41) is 16.2. The number of amides is 1. The van der Waals surface area contributed by atoms with Gasteiger partial charge in [0.2, 0.25) is 5.91 Å². The zero-order valence-electron chi connectivity index (χ0n) is 17.5. The van der Waals surface area contributed by atoms with Crippen molar-refractivity contribution >= 4 is 51.9 Å². The molecule has 4 rings (SSSR count). The fourth-order valence-corrected chi connectivity index (χ4v) is 4.41. The fraction of sp³-hybridized carbons (Fsp3) is 0.0800. The van der Waals surface area contributed by atoms with Gasteiger partial charge < -0.3 is 10.3 Å². The lowest BCUT2D eigenvalue weighted by atomic mass is 10.1. The number of fused-ring (bicyclic) bond motifs is 1. The van der Waals surface area contributed by atoms with Crippen molar-refractivity contribution in [2.24, 2.45) is 0 Å². The van der Waals surface area contributed by atoms with E-state index in [4.69, 9.17) is 11.6 Å². The van der Waals surface area contributed by atoms with E-state index in [9.17, 15) is 14.9 Å². The van der Waals surface area contributed by atoms with Crippen LogP contribution in [0.1, 0.15) is 11.1 Å². The highest BCUT2D eigenvalue weighted by Gasteiger charge is 2.15. The van der Waals surface area contributed by atoms with Crippen LogP contribution in [0.3, 0.4) is 0 Å². The number of nitro groups is 1. The van der Waals surface area contributed by atoms with Gasteiger partial charge in [-0.15, -0.1) is 0 Å². The minimum absolute atomic E-state index is 0.0168. The molecule has 0 radical (unpaired) electrons. The van der Waals surface area contributed by atoms with E-state index in [1.165, 1.54) is 23.9 Å². The summed E-state index contributed by atoms with van der Waals surface area (Å²) >= 11 is 7.19. The van der Waals surface area contributed by atoms with E-state index >= 15 is 0 Å². The molecule has 166 valence electrons. The topological polar surface area (TPSA) is 88.0 Å². The average molecular weight is 478 g/mol. The third kappa shape index (κ3) is 5.83. The van der Waals surface area contributed by atoms with Crippen molar-refractivity contribution in [1.29, 1.82) is 0 Å². The number of nitro benzene ring substituents is 1. The molecule has 0 saturated carbocycles. The van der Waals surface area contributed by atoms with Crippen molar-refractivity contribution in [3.63, 3.8) is 0 Å². The number of carbonyl (C=O) groups is 1. The number of carbonyl (C=O) groups excluding carboxylic acids is 1. The standard InChI is InChI=1S/C25H20ClN3O3S/c26-19-7-9-20(10-8-19)33-24-11-5-17(15-23(24)29(31)32)6-12-25(30)27-14-13-18-16-28-22-4-2-1-3-21(18)22/h1-12,15-16,28H,13-14H2,(H,27,30)/b12-6+. The Bertz CT molecular complexity index is 1330. The highest BCUT2D eigenvalue weighted by molar-refractivity contribution is 7.99. The Morgan fingerprint density at radius 1 is 1.12 bits per heavy atom. The van der Waals surface area contributed by atoms with Gasteiger partial charge in [-0.2, -0.15) is 0 Å². The summed E-state index contributed by atoms with van der Waals surface area (Å²) in [5.74, 6) is -0.253. The van der Waals surface area contributed by atoms with Crippen LogP contribution in [0.25, 0.3) is 17.0 Å². The fourth-order valence-electron chi connectivity index (χ4n) is 3.39. The Morgan fingerprint density at radius 2 is 1.91 bits per heavy atom. The molecule has 0 bridgehead atoms. The number of benzene rings is 3. The Kier molecular flexibility index (Phi) is 7.12. The zero-order chi connectivity index (χ0) is 23.2. The lowest BCUT2D eigenvalue weighted by Gasteiger charge is -2.05. The molecule has 0 atom stereocenters. The van der Waals surface area contributed by atoms with Gasteiger partial charge in [0.15, 0.2) is 0 Å². The molecule has 2 N–H and O–H groups in total. The normalized spacial score (nSPS) is 11.2. The van der Waals surface area contributed by atoms with Gasteiger partial charge in [0.25, 0.3) is 5.69 Å². The summed E-state index contributed by atoms with van der Waals surface area (Å²) in [6.45, 7) is 0.488. The minimum atomic E-state index is -0.420. The molecule has 0 aliphatic heterocycles. The molecular formula is C25H20ClN3O3S. The molecule has 0 saturated heterocycles. The first-order valence-corrected chi connectivity index (χ1v) is 11.4. The van der Waals surface area contributed by atoms with Gasteiger partial charge in [-0.3, -0.25) is 14.9 Å². The number of rotatable bonds is 8. The van der Waals surface area contributed by atoms with Crippen LogP contribution in [-0.4, -0.2) is 22.4 Å². The summed E-state index contributed by atoms with van der Waals surface area (Å²) < 4.78 is 0. The van der Waals surface area contributed by atoms with Crippen LogP contribution < -0.4 is 5.32 Å². The summed E-state index contributed by atoms with van der Waals surface area (Å²) in [6, 6.07) is 20.0. The molecule has 0 aliphatic carbocycles. The number of hydrogen-bond donors (Lipinski definition) is 2. The van der Waals surface area contributed by atoms with Crippen molar-refractivity contribution in [3.05, 3.63) is 105 Å². The predicted molar refractivity (Wildman–Crippen MR) is 133 cm³/mol. The molecule has 0 unspecified atom stereocenters. The first-order valence-electron chi connectivity index (χ1n) is 10.2. The number of hydrogen-bond acceptors (Lipinski definition) is 4. The first kappa shape index (κ1) is 22.6. The Labute approximate surface area is 199 Å². The van der Waals surface area contributed by atoms with Crippen LogP contribution in [0.4, 0.5) is 5.69 Å². The maximum atomic E-state index is 12.2. The molecule has 0 aliphatic rings. The molecule has 8 heteroatoms. The molecule has 0 fully saturated rings. The molecule has 1 heterocycles. The van der Waals surface area contributed by atoms with E-state index < -0.39 is 4.92 Å². The van der Waals surface area contributed by atoms with Gasteiger partial charge in [0, 0.05) is 45.7 Å². The van der Waals surface area contributed by atoms with Gasteiger partial charge in [-0.05, 0) is 60.0 Å². The second kappa shape index (κ2) is 10.4. The SMILES string of the molecule is O=C(/C=C/c1ccc(Sc2ccc(Cl)cc2)c([N+](=O)[O-])c1)NCCc1c[nH]c2ccccc12. The van der Waals surface area contributed by atoms with E-state index in [-0.39, 0.29) is 11.6 Å². The monoisotopic (exact) mass is 477 g/mol. The zero-order valence-corrected chi connectivity index (χ0v) is 19.0. The molecule has 33 heavy (non-hydrogen) atoms. The van der Waals surface area contributed by atoms with Gasteiger partial charge >= 0.3 is 0 Å². The van der Waals surface area contributed by atoms with Gasteiger partial charge in [-0.1, -0.05) is 47.6 Å². The summed E-state index contributed by atoms with van der Waals surface area (Å²) in [7, 11) is 0. The smallest absolute Gasteiger partial charge is 0.283 e. The van der Waals surface area contributed by atoms with E-state index in [1.54, 1.807) is 30.3 Å². The molecular weight excluding hydrogens is 458 g/mol. The second-order valence-electron chi connectivity index (χ2n) is 7.27. The Hall–Kier alpha value is -3.55. The molecule has 6 nitrogen and oxygen atoms in total. The van der Waals surface area contributed by atoms with E-state index in [0.29, 0.717) is 28.4 Å². The largest absolute Gasteiger partial charge is 0.361 e. The van der Waals surface area contributed by atoms with Crippen LogP contribution in [0.15, 0.2) is 88.8 Å². The van der Waals surface area contributed by atoms with Crippen molar-refractivity contribution in [2.45, 2.75) is 16.2 Å². The van der Waals surface area contributed by atoms with Gasteiger partial charge in [0.1, 0.15) is 0 Å². The molecule has 1 aromatic heterocycles. The molecule has 1 amide bonds. The number of H-pyrrole nitrogens is 1. The number of nitrogens with one attached hydrogen (secondary N) is 2. The van der Waals surface area contributed by atoms with Crippen LogP contribution in [-0.2, 0) is 11.2 Å². The van der Waals surface area contributed by atoms with Crippen molar-refractivity contribution < 1.29 is 9.72 Å². The van der Waals surface area contributed by atoms with Crippen molar-refractivity contribution in [3.8, 4) is 0 Å². The Balaban J connectivity index is 1.37. The third-order valence-electron chi connectivity index (χ3n) is 5.02. The first-order chi connectivity index (χ1) is 16.0. The highest BCUT2D eigenvalue weighted by Crippen LogP contribution is 2.36. The molecule has 4 aromatic rings. The highest BCUT2D eigenvalue weighted by atomic mass is 35.5.